The quantitative estimate of drug-likeness (QED) is 0.863. The number of nitrogens with one attached hydrogen (secondary N) is 1. The molecule has 1 heterocycles. The average molecular weight is 363 g/mol. The molecule has 0 amide bonds. The van der Waals surface area contributed by atoms with Crippen molar-refractivity contribution in [3.8, 4) is 0 Å². The van der Waals surface area contributed by atoms with Crippen LogP contribution < -0.4 is 10.2 Å². The van der Waals surface area contributed by atoms with E-state index in [-0.39, 0.29) is 6.04 Å². The fourth-order valence-corrected chi connectivity index (χ4v) is 3.31. The third-order valence-electron chi connectivity index (χ3n) is 4.14. The molecule has 1 aromatic carbocycles. The van der Waals surface area contributed by atoms with Crippen molar-refractivity contribution in [1.82, 2.24) is 5.32 Å². The Morgan fingerprint density at radius 3 is 2.57 bits per heavy atom. The second kappa shape index (κ2) is 5.80. The molecule has 1 aliphatic carbocycles. The molecular formula is C15H18BrF3N2. The Morgan fingerprint density at radius 2 is 2.00 bits per heavy atom. The predicted molar refractivity (Wildman–Crippen MR) is 80.5 cm³/mol. The maximum Gasteiger partial charge on any atom is 0.418 e. The van der Waals surface area contributed by atoms with Gasteiger partial charge in [0.2, 0.25) is 0 Å². The Balaban J connectivity index is 1.92. The molecule has 0 spiro atoms. The van der Waals surface area contributed by atoms with Crippen molar-refractivity contribution in [3.63, 3.8) is 0 Å². The maximum atomic E-state index is 13.3. The van der Waals surface area contributed by atoms with Gasteiger partial charge in [-0.15, -0.1) is 0 Å². The van der Waals surface area contributed by atoms with Crippen LogP contribution in [0.25, 0.3) is 0 Å². The molecule has 21 heavy (non-hydrogen) atoms. The molecule has 3 rings (SSSR count). The minimum absolute atomic E-state index is 0.253. The van der Waals surface area contributed by atoms with Crippen molar-refractivity contribution in [3.05, 3.63) is 28.2 Å². The van der Waals surface area contributed by atoms with Gasteiger partial charge in [0.15, 0.2) is 0 Å². The van der Waals surface area contributed by atoms with Crippen LogP contribution in [0.1, 0.15) is 31.2 Å². The first-order chi connectivity index (χ1) is 9.95. The van der Waals surface area contributed by atoms with Gasteiger partial charge in [0.25, 0.3) is 0 Å². The van der Waals surface area contributed by atoms with Gasteiger partial charge in [0.1, 0.15) is 0 Å². The van der Waals surface area contributed by atoms with Crippen LogP contribution in [0.4, 0.5) is 18.9 Å². The van der Waals surface area contributed by atoms with E-state index in [1.165, 1.54) is 12.1 Å². The van der Waals surface area contributed by atoms with Crippen LogP contribution in [-0.4, -0.2) is 25.2 Å². The summed E-state index contributed by atoms with van der Waals surface area (Å²) >= 11 is 3.30. The molecule has 116 valence electrons. The monoisotopic (exact) mass is 362 g/mol. The van der Waals surface area contributed by atoms with Crippen LogP contribution in [0.5, 0.6) is 0 Å². The van der Waals surface area contributed by atoms with Gasteiger partial charge in [-0.2, -0.15) is 13.2 Å². The predicted octanol–water partition coefficient (Wildman–Crippen LogP) is 4.19. The molecule has 1 unspecified atom stereocenters. The highest BCUT2D eigenvalue weighted by atomic mass is 79.9. The third kappa shape index (κ3) is 3.54. The lowest BCUT2D eigenvalue weighted by Gasteiger charge is -2.30. The molecule has 0 radical (unpaired) electrons. The van der Waals surface area contributed by atoms with E-state index < -0.39 is 11.7 Å². The van der Waals surface area contributed by atoms with Crippen molar-refractivity contribution in [2.45, 2.75) is 43.9 Å². The number of nitrogens with zero attached hydrogens (tertiary/aromatic N) is 1. The summed E-state index contributed by atoms with van der Waals surface area (Å²) in [5, 5.41) is 3.38. The molecule has 2 aliphatic rings. The Labute approximate surface area is 130 Å². The van der Waals surface area contributed by atoms with Crippen molar-refractivity contribution < 1.29 is 13.2 Å². The molecule has 6 heteroatoms. The molecule has 1 saturated carbocycles. The largest absolute Gasteiger partial charge is 0.418 e. The van der Waals surface area contributed by atoms with Gasteiger partial charge in [-0.3, -0.25) is 0 Å². The summed E-state index contributed by atoms with van der Waals surface area (Å²) in [6.45, 7) is 1.62. The number of hydrogen-bond acceptors (Lipinski definition) is 2. The standard InChI is InChI=1S/C15H18BrF3N2/c16-10-3-6-13(15(17,18)19)14(8-10)21(12-4-5-12)9-11-2-1-7-20-11/h3,6,8,11-12,20H,1-2,4-5,7,9H2. The average Bonchev–Trinajstić information content (AvgIpc) is 3.11. The van der Waals surface area contributed by atoms with Gasteiger partial charge in [-0.25, -0.2) is 0 Å². The van der Waals surface area contributed by atoms with Crippen molar-refractivity contribution >= 4 is 21.6 Å². The van der Waals surface area contributed by atoms with E-state index >= 15 is 0 Å². The first-order valence-electron chi connectivity index (χ1n) is 7.32. The number of rotatable bonds is 4. The molecule has 1 aromatic rings. The summed E-state index contributed by atoms with van der Waals surface area (Å²) in [5.74, 6) is 0. The molecule has 2 nitrogen and oxygen atoms in total. The summed E-state index contributed by atoms with van der Waals surface area (Å²) in [7, 11) is 0. The van der Waals surface area contributed by atoms with Crippen LogP contribution in [0, 0.1) is 0 Å². The van der Waals surface area contributed by atoms with E-state index in [9.17, 15) is 13.2 Å². The van der Waals surface area contributed by atoms with Crippen molar-refractivity contribution in [1.29, 1.82) is 0 Å². The van der Waals surface area contributed by atoms with Gasteiger partial charge >= 0.3 is 6.18 Å². The van der Waals surface area contributed by atoms with E-state index in [0.717, 1.165) is 32.2 Å². The van der Waals surface area contributed by atoms with E-state index in [1.807, 2.05) is 4.90 Å². The number of hydrogen-bond donors (Lipinski definition) is 1. The van der Waals surface area contributed by atoms with Gasteiger partial charge in [0, 0.05) is 23.1 Å². The van der Waals surface area contributed by atoms with Gasteiger partial charge < -0.3 is 10.2 Å². The van der Waals surface area contributed by atoms with Crippen LogP contribution in [0.2, 0.25) is 0 Å². The van der Waals surface area contributed by atoms with E-state index in [0.29, 0.717) is 22.7 Å². The minimum atomic E-state index is -4.31. The molecule has 1 aliphatic heterocycles. The lowest BCUT2D eigenvalue weighted by atomic mass is 10.1. The van der Waals surface area contributed by atoms with Crippen LogP contribution >= 0.6 is 15.9 Å². The number of benzene rings is 1. The van der Waals surface area contributed by atoms with Crippen LogP contribution in [-0.2, 0) is 6.18 Å². The van der Waals surface area contributed by atoms with Crippen molar-refractivity contribution in [2.24, 2.45) is 0 Å². The molecule has 1 atom stereocenters. The highest BCUT2D eigenvalue weighted by Gasteiger charge is 2.39. The van der Waals surface area contributed by atoms with Gasteiger partial charge in [0.05, 0.1) is 11.3 Å². The fourth-order valence-electron chi connectivity index (χ4n) is 2.96. The van der Waals surface area contributed by atoms with Gasteiger partial charge in [-0.1, -0.05) is 15.9 Å². The molecule has 2 fully saturated rings. The Hall–Kier alpha value is -0.750. The summed E-state index contributed by atoms with van der Waals surface area (Å²) in [4.78, 5) is 1.95. The summed E-state index contributed by atoms with van der Waals surface area (Å²) in [6, 6.07) is 4.80. The maximum absolute atomic E-state index is 13.3. The van der Waals surface area contributed by atoms with Crippen LogP contribution in [0.3, 0.4) is 0 Å². The number of anilines is 1. The zero-order valence-electron chi connectivity index (χ0n) is 11.6. The van der Waals surface area contributed by atoms with E-state index in [2.05, 4.69) is 21.2 Å². The molecule has 0 aromatic heterocycles. The second-order valence-corrected chi connectivity index (χ2v) is 6.75. The van der Waals surface area contributed by atoms with E-state index in [1.54, 1.807) is 6.07 Å². The Bertz CT molecular complexity index is 508. The summed E-state index contributed by atoms with van der Waals surface area (Å²) < 4.78 is 40.5. The Kier molecular flexibility index (Phi) is 4.19. The zero-order valence-corrected chi connectivity index (χ0v) is 13.2. The molecule has 1 N–H and O–H groups in total. The first-order valence-corrected chi connectivity index (χ1v) is 8.11. The first kappa shape index (κ1) is 15.2. The molecular weight excluding hydrogens is 345 g/mol. The van der Waals surface area contributed by atoms with Crippen LogP contribution in [0.15, 0.2) is 22.7 Å². The second-order valence-electron chi connectivity index (χ2n) is 5.84. The lowest BCUT2D eigenvalue weighted by Crippen LogP contribution is -2.39. The summed E-state index contributed by atoms with van der Waals surface area (Å²) in [6.07, 6.45) is -0.203. The fraction of sp³-hybridized carbons (Fsp3) is 0.600. The third-order valence-corrected chi connectivity index (χ3v) is 4.63. The normalized spacial score (nSPS) is 22.6. The molecule has 1 saturated heterocycles. The highest BCUT2D eigenvalue weighted by Crippen LogP contribution is 2.42. The van der Waals surface area contributed by atoms with Gasteiger partial charge in [-0.05, 0) is 50.4 Å². The minimum Gasteiger partial charge on any atom is -0.366 e. The Morgan fingerprint density at radius 1 is 1.24 bits per heavy atom. The van der Waals surface area contributed by atoms with Crippen molar-refractivity contribution in [2.75, 3.05) is 18.0 Å². The number of alkyl halides is 3. The van der Waals surface area contributed by atoms with E-state index in [4.69, 9.17) is 0 Å². The topological polar surface area (TPSA) is 15.3 Å². The summed E-state index contributed by atoms with van der Waals surface area (Å²) in [5.41, 5.74) is -0.219. The zero-order chi connectivity index (χ0) is 15.0. The SMILES string of the molecule is FC(F)(F)c1ccc(Br)cc1N(CC1CCCN1)C1CC1. The highest BCUT2D eigenvalue weighted by molar-refractivity contribution is 9.10. The lowest BCUT2D eigenvalue weighted by molar-refractivity contribution is -0.137. The number of halogens is 4. The molecule has 0 bridgehead atoms. The smallest absolute Gasteiger partial charge is 0.366 e.